The summed E-state index contributed by atoms with van der Waals surface area (Å²) >= 11 is 0. The number of hydrogen-bond acceptors (Lipinski definition) is 3. The fourth-order valence-corrected chi connectivity index (χ4v) is 1.97. The van der Waals surface area contributed by atoms with Gasteiger partial charge in [0.15, 0.2) is 5.78 Å². The molecule has 0 amide bonds. The van der Waals surface area contributed by atoms with Crippen LogP contribution in [0.4, 0.5) is 10.1 Å². The molecule has 0 bridgehead atoms. The van der Waals surface area contributed by atoms with Crippen molar-refractivity contribution in [2.24, 2.45) is 0 Å². The van der Waals surface area contributed by atoms with Crippen LogP contribution >= 0.6 is 0 Å². The van der Waals surface area contributed by atoms with E-state index in [1.54, 1.807) is 18.5 Å². The predicted octanol–water partition coefficient (Wildman–Crippen LogP) is 3.06. The summed E-state index contributed by atoms with van der Waals surface area (Å²) in [4.78, 5) is 17.5. The standard InChI is InChI=1S/C15H15FN2O/c1-11(19)14-9-13(16)3-4-15(14)18(2)10-12-5-7-17-8-6-12/h3-9H,10H2,1-2H3. The predicted molar refractivity (Wildman–Crippen MR) is 72.7 cm³/mol. The van der Waals surface area contributed by atoms with E-state index in [0.29, 0.717) is 12.1 Å². The molecule has 0 radical (unpaired) electrons. The van der Waals surface area contributed by atoms with Crippen LogP contribution in [0.3, 0.4) is 0 Å². The summed E-state index contributed by atoms with van der Waals surface area (Å²) in [5.74, 6) is -0.540. The summed E-state index contributed by atoms with van der Waals surface area (Å²) in [6.07, 6.45) is 3.44. The number of carbonyl (C=O) groups excluding carboxylic acids is 1. The van der Waals surface area contributed by atoms with Crippen LogP contribution in [0.1, 0.15) is 22.8 Å². The van der Waals surface area contributed by atoms with Crippen LogP contribution in [0, 0.1) is 5.82 Å². The molecule has 0 unspecified atom stereocenters. The van der Waals surface area contributed by atoms with Crippen LogP contribution in [-0.2, 0) is 6.54 Å². The van der Waals surface area contributed by atoms with Gasteiger partial charge >= 0.3 is 0 Å². The number of carbonyl (C=O) groups is 1. The highest BCUT2D eigenvalue weighted by atomic mass is 19.1. The first-order valence-corrected chi connectivity index (χ1v) is 5.98. The summed E-state index contributed by atoms with van der Waals surface area (Å²) in [5, 5.41) is 0. The Morgan fingerprint density at radius 2 is 1.95 bits per heavy atom. The maximum absolute atomic E-state index is 13.2. The zero-order valence-corrected chi connectivity index (χ0v) is 10.9. The number of aromatic nitrogens is 1. The first kappa shape index (κ1) is 13.2. The molecule has 1 aromatic carbocycles. The second-order valence-electron chi connectivity index (χ2n) is 4.43. The average Bonchev–Trinajstić information content (AvgIpc) is 2.39. The van der Waals surface area contributed by atoms with Gasteiger partial charge in [0.05, 0.1) is 0 Å². The van der Waals surface area contributed by atoms with E-state index in [9.17, 15) is 9.18 Å². The molecule has 0 N–H and O–H groups in total. The fraction of sp³-hybridized carbons (Fsp3) is 0.200. The van der Waals surface area contributed by atoms with E-state index >= 15 is 0 Å². The van der Waals surface area contributed by atoms with Gasteiger partial charge in [0.2, 0.25) is 0 Å². The zero-order chi connectivity index (χ0) is 13.8. The number of Topliss-reactive ketones (excluding diaryl/α,β-unsaturated/α-hetero) is 1. The lowest BCUT2D eigenvalue weighted by molar-refractivity contribution is 0.101. The molecule has 0 aliphatic rings. The molecule has 2 aromatic rings. The van der Waals surface area contributed by atoms with Crippen molar-refractivity contribution in [3.63, 3.8) is 0 Å². The van der Waals surface area contributed by atoms with Crippen molar-refractivity contribution in [1.82, 2.24) is 4.98 Å². The molecule has 19 heavy (non-hydrogen) atoms. The van der Waals surface area contributed by atoms with Gasteiger partial charge in [0.25, 0.3) is 0 Å². The van der Waals surface area contributed by atoms with Gasteiger partial charge in [0, 0.05) is 37.2 Å². The first-order valence-electron chi connectivity index (χ1n) is 5.98. The van der Waals surface area contributed by atoms with Crippen LogP contribution in [0.25, 0.3) is 0 Å². The quantitative estimate of drug-likeness (QED) is 0.790. The lowest BCUT2D eigenvalue weighted by Gasteiger charge is -2.21. The SMILES string of the molecule is CC(=O)c1cc(F)ccc1N(C)Cc1ccncc1. The minimum Gasteiger partial charge on any atom is -0.370 e. The zero-order valence-electron chi connectivity index (χ0n) is 10.9. The highest BCUT2D eigenvalue weighted by molar-refractivity contribution is 5.99. The molecule has 4 heteroatoms. The second kappa shape index (κ2) is 5.61. The number of ketones is 1. The van der Waals surface area contributed by atoms with Gasteiger partial charge < -0.3 is 4.90 Å². The minimum absolute atomic E-state index is 0.143. The van der Waals surface area contributed by atoms with Gasteiger partial charge in [-0.15, -0.1) is 0 Å². The molecule has 0 aliphatic heterocycles. The lowest BCUT2D eigenvalue weighted by Crippen LogP contribution is -2.19. The first-order chi connectivity index (χ1) is 9.08. The highest BCUT2D eigenvalue weighted by Crippen LogP contribution is 2.22. The van der Waals surface area contributed by atoms with Crippen LogP contribution in [0.15, 0.2) is 42.7 Å². The Kier molecular flexibility index (Phi) is 3.90. The molecule has 3 nitrogen and oxygen atoms in total. The van der Waals surface area contributed by atoms with Crippen LogP contribution in [0.2, 0.25) is 0 Å². The summed E-state index contributed by atoms with van der Waals surface area (Å²) < 4.78 is 13.2. The smallest absolute Gasteiger partial charge is 0.161 e. The van der Waals surface area contributed by atoms with E-state index in [1.165, 1.54) is 19.1 Å². The number of rotatable bonds is 4. The Bertz CT molecular complexity index is 584. The van der Waals surface area contributed by atoms with Crippen molar-refractivity contribution in [3.8, 4) is 0 Å². The second-order valence-corrected chi connectivity index (χ2v) is 4.43. The van der Waals surface area contributed by atoms with E-state index < -0.39 is 5.82 Å². The van der Waals surface area contributed by atoms with E-state index in [-0.39, 0.29) is 5.78 Å². The monoisotopic (exact) mass is 258 g/mol. The molecule has 0 atom stereocenters. The summed E-state index contributed by atoms with van der Waals surface area (Å²) in [6, 6.07) is 8.10. The molecule has 0 fully saturated rings. The normalized spacial score (nSPS) is 10.3. The molecule has 2 rings (SSSR count). The number of pyridine rings is 1. The van der Waals surface area contributed by atoms with Crippen LogP contribution < -0.4 is 4.90 Å². The summed E-state index contributed by atoms with van der Waals surface area (Å²) in [7, 11) is 1.88. The van der Waals surface area contributed by atoms with E-state index in [2.05, 4.69) is 4.98 Å². The number of halogens is 1. The van der Waals surface area contributed by atoms with Gasteiger partial charge in [0.1, 0.15) is 5.82 Å². The maximum Gasteiger partial charge on any atom is 0.161 e. The summed E-state index contributed by atoms with van der Waals surface area (Å²) in [5.41, 5.74) is 2.21. The van der Waals surface area contributed by atoms with E-state index in [4.69, 9.17) is 0 Å². The molecule has 1 heterocycles. The van der Waals surface area contributed by atoms with Crippen molar-refractivity contribution in [2.45, 2.75) is 13.5 Å². The fourth-order valence-electron chi connectivity index (χ4n) is 1.97. The third-order valence-electron chi connectivity index (χ3n) is 2.92. The average molecular weight is 258 g/mol. The van der Waals surface area contributed by atoms with Crippen molar-refractivity contribution in [3.05, 3.63) is 59.7 Å². The summed E-state index contributed by atoms with van der Waals surface area (Å²) in [6.45, 7) is 2.08. The minimum atomic E-state index is -0.397. The number of nitrogens with zero attached hydrogens (tertiary/aromatic N) is 2. The van der Waals surface area contributed by atoms with Crippen LogP contribution in [0.5, 0.6) is 0 Å². The Balaban J connectivity index is 2.28. The molecular weight excluding hydrogens is 243 g/mol. The third kappa shape index (κ3) is 3.16. The number of benzene rings is 1. The van der Waals surface area contributed by atoms with Crippen molar-refractivity contribution in [1.29, 1.82) is 0 Å². The molecular formula is C15H15FN2O. The van der Waals surface area contributed by atoms with Crippen molar-refractivity contribution < 1.29 is 9.18 Å². The topological polar surface area (TPSA) is 33.2 Å². The largest absolute Gasteiger partial charge is 0.370 e. The molecule has 0 aliphatic carbocycles. The Hall–Kier alpha value is -2.23. The van der Waals surface area contributed by atoms with Crippen molar-refractivity contribution >= 4 is 11.5 Å². The molecule has 98 valence electrons. The van der Waals surface area contributed by atoms with E-state index in [0.717, 1.165) is 11.3 Å². The van der Waals surface area contributed by atoms with Gasteiger partial charge in [-0.2, -0.15) is 0 Å². The number of anilines is 1. The highest BCUT2D eigenvalue weighted by Gasteiger charge is 2.12. The maximum atomic E-state index is 13.2. The van der Waals surface area contributed by atoms with Gasteiger partial charge in [-0.05, 0) is 42.8 Å². The molecule has 1 aromatic heterocycles. The molecule has 0 saturated carbocycles. The van der Waals surface area contributed by atoms with Crippen LogP contribution in [-0.4, -0.2) is 17.8 Å². The number of hydrogen-bond donors (Lipinski definition) is 0. The molecule has 0 spiro atoms. The van der Waals surface area contributed by atoms with E-state index in [1.807, 2.05) is 24.1 Å². The van der Waals surface area contributed by atoms with Gasteiger partial charge in [-0.25, -0.2) is 4.39 Å². The Morgan fingerprint density at radius 3 is 2.58 bits per heavy atom. The van der Waals surface area contributed by atoms with Crippen molar-refractivity contribution in [2.75, 3.05) is 11.9 Å². The third-order valence-corrected chi connectivity index (χ3v) is 2.92. The van der Waals surface area contributed by atoms with Gasteiger partial charge in [-0.1, -0.05) is 0 Å². The molecule has 0 saturated heterocycles. The Morgan fingerprint density at radius 1 is 1.26 bits per heavy atom. The lowest BCUT2D eigenvalue weighted by atomic mass is 10.1. The van der Waals surface area contributed by atoms with Gasteiger partial charge in [-0.3, -0.25) is 9.78 Å². The Labute approximate surface area is 111 Å².